The first-order chi connectivity index (χ1) is 21.5. The number of nitrogens with two attached hydrogens (primary N) is 1. The fourth-order valence-corrected chi connectivity index (χ4v) is 5.95. The summed E-state index contributed by atoms with van der Waals surface area (Å²) in [5.41, 5.74) is 12.5. The van der Waals surface area contributed by atoms with Gasteiger partial charge < -0.3 is 20.1 Å². The molecule has 0 radical (unpaired) electrons. The second kappa shape index (κ2) is 11.8. The number of benzene rings is 3. The van der Waals surface area contributed by atoms with Gasteiger partial charge in [0.25, 0.3) is 5.91 Å². The second-order valence-electron chi connectivity index (χ2n) is 12.5. The monoisotopic (exact) mass is 604 g/mol. The molecule has 45 heavy (non-hydrogen) atoms. The predicted molar refractivity (Wildman–Crippen MR) is 172 cm³/mol. The lowest BCUT2D eigenvalue weighted by Gasteiger charge is -2.26. The van der Waals surface area contributed by atoms with Gasteiger partial charge in [0, 0.05) is 48.4 Å². The number of aromatic nitrogens is 2. The van der Waals surface area contributed by atoms with Crippen LogP contribution in [0.3, 0.4) is 0 Å². The number of carbonyl (C=O) groups excluding carboxylic acids is 2. The van der Waals surface area contributed by atoms with Crippen LogP contribution < -0.4 is 5.73 Å². The van der Waals surface area contributed by atoms with Crippen molar-refractivity contribution in [1.29, 1.82) is 5.26 Å². The van der Waals surface area contributed by atoms with Crippen LogP contribution in [-0.4, -0.2) is 70.0 Å². The summed E-state index contributed by atoms with van der Waals surface area (Å²) < 4.78 is 12.5. The Balaban J connectivity index is 1.45. The highest BCUT2D eigenvalue weighted by molar-refractivity contribution is 6.06. The van der Waals surface area contributed by atoms with Gasteiger partial charge in [-0.3, -0.25) is 9.69 Å². The molecule has 0 bridgehead atoms. The van der Waals surface area contributed by atoms with Gasteiger partial charge in [0.05, 0.1) is 36.9 Å². The predicted octanol–water partition coefficient (Wildman–Crippen LogP) is 5.60. The Kier molecular flexibility index (Phi) is 7.91. The highest BCUT2D eigenvalue weighted by atomic mass is 16.6. The summed E-state index contributed by atoms with van der Waals surface area (Å²) >= 11 is 0. The quantitative estimate of drug-likeness (QED) is 0.223. The van der Waals surface area contributed by atoms with E-state index in [-0.39, 0.29) is 12.5 Å². The lowest BCUT2D eigenvalue weighted by atomic mass is 9.94. The topological polar surface area (TPSA) is 127 Å². The third-order valence-corrected chi connectivity index (χ3v) is 8.00. The van der Waals surface area contributed by atoms with E-state index in [9.17, 15) is 14.9 Å². The van der Waals surface area contributed by atoms with E-state index in [4.69, 9.17) is 20.3 Å². The molecule has 2 N–H and O–H groups in total. The average Bonchev–Trinajstić information content (AvgIpc) is 3.55. The van der Waals surface area contributed by atoms with E-state index in [1.54, 1.807) is 11.0 Å². The molecular formula is C35H36N6O4. The van der Waals surface area contributed by atoms with Crippen molar-refractivity contribution in [2.75, 3.05) is 38.6 Å². The Bertz CT molecular complexity index is 1870. The molecule has 0 unspecified atom stereocenters. The zero-order chi connectivity index (χ0) is 31.9. The molecule has 10 heteroatoms. The Morgan fingerprint density at radius 2 is 1.89 bits per heavy atom. The molecule has 4 aromatic rings. The van der Waals surface area contributed by atoms with Crippen LogP contribution in [0, 0.1) is 11.3 Å². The number of anilines is 1. The van der Waals surface area contributed by atoms with Gasteiger partial charge in [0.2, 0.25) is 0 Å². The molecule has 2 aliphatic heterocycles. The molecule has 1 aromatic heterocycles. The van der Waals surface area contributed by atoms with Crippen molar-refractivity contribution < 1.29 is 19.1 Å². The van der Waals surface area contributed by atoms with Gasteiger partial charge >= 0.3 is 6.09 Å². The maximum absolute atomic E-state index is 13.4. The first-order valence-corrected chi connectivity index (χ1v) is 15.0. The van der Waals surface area contributed by atoms with Crippen molar-refractivity contribution in [3.05, 3.63) is 83.4 Å². The SMILES string of the molecule is C=C(C#N)CN1Cc2c(-c3ccc4c(c3)c(-c3cccc(CN5CCOCC5)c3)nn4C(=O)OC(C)(C)C)ccc(N)c2C1=O. The summed E-state index contributed by atoms with van der Waals surface area (Å²) in [5.74, 6) is -0.225. The number of nitrogen functional groups attached to an aromatic ring is 1. The van der Waals surface area contributed by atoms with Gasteiger partial charge in [-0.2, -0.15) is 15.0 Å². The summed E-state index contributed by atoms with van der Waals surface area (Å²) in [6.07, 6.45) is -0.566. The average molecular weight is 605 g/mol. The summed E-state index contributed by atoms with van der Waals surface area (Å²) in [6, 6.07) is 19.7. The fraction of sp³-hybridized carbons (Fsp3) is 0.314. The van der Waals surface area contributed by atoms with Crippen molar-refractivity contribution >= 4 is 28.6 Å². The van der Waals surface area contributed by atoms with Gasteiger partial charge in [-0.1, -0.05) is 36.9 Å². The number of fused-ring (bicyclic) bond motifs is 2. The van der Waals surface area contributed by atoms with E-state index >= 15 is 0 Å². The van der Waals surface area contributed by atoms with Crippen molar-refractivity contribution in [1.82, 2.24) is 19.6 Å². The molecule has 10 nitrogen and oxygen atoms in total. The number of carbonyl (C=O) groups is 2. The van der Waals surface area contributed by atoms with Crippen LogP contribution in [0.25, 0.3) is 33.3 Å². The van der Waals surface area contributed by atoms with Gasteiger partial charge in [-0.05, 0) is 67.3 Å². The normalized spacial score (nSPS) is 15.2. The number of ether oxygens (including phenoxy) is 2. The standard InChI is InChI=1S/C35H36N6O4/c1-22(18-36)19-40-21-28-26(9-10-29(37)31(28)33(40)42)24-8-11-30-27(17-24)32(38-41(30)34(43)45-35(2,3)4)25-7-5-6-23(16-25)20-39-12-14-44-15-13-39/h5-11,16-17H,1,12-15,19-21,37H2,2-4H3. The lowest BCUT2D eigenvalue weighted by Crippen LogP contribution is -2.35. The summed E-state index contributed by atoms with van der Waals surface area (Å²) in [5, 5.41) is 14.8. The molecular weight excluding hydrogens is 568 g/mol. The van der Waals surface area contributed by atoms with Crippen molar-refractivity contribution in [3.63, 3.8) is 0 Å². The molecule has 1 fully saturated rings. The van der Waals surface area contributed by atoms with Crippen LogP contribution in [0.2, 0.25) is 0 Å². The van der Waals surface area contributed by atoms with E-state index in [1.807, 2.05) is 63.2 Å². The molecule has 3 aromatic carbocycles. The molecule has 0 aliphatic carbocycles. The number of rotatable bonds is 6. The number of amides is 1. The zero-order valence-corrected chi connectivity index (χ0v) is 25.8. The van der Waals surface area contributed by atoms with E-state index in [1.165, 1.54) is 4.68 Å². The number of hydrogen-bond acceptors (Lipinski definition) is 8. The summed E-state index contributed by atoms with van der Waals surface area (Å²) in [6.45, 7) is 13.6. The number of nitrogens with zero attached hydrogens (tertiary/aromatic N) is 5. The lowest BCUT2D eigenvalue weighted by molar-refractivity contribution is 0.0342. The van der Waals surface area contributed by atoms with Crippen LogP contribution in [0.1, 0.15) is 42.3 Å². The highest BCUT2D eigenvalue weighted by Crippen LogP contribution is 2.39. The number of nitriles is 1. The first-order valence-electron chi connectivity index (χ1n) is 15.0. The van der Waals surface area contributed by atoms with Gasteiger partial charge in [0.1, 0.15) is 11.3 Å². The van der Waals surface area contributed by atoms with Gasteiger partial charge in [0.15, 0.2) is 0 Å². The maximum atomic E-state index is 13.4. The van der Waals surface area contributed by atoms with Crippen LogP contribution in [-0.2, 0) is 22.6 Å². The second-order valence-corrected chi connectivity index (χ2v) is 12.5. The fourth-order valence-electron chi connectivity index (χ4n) is 5.95. The Morgan fingerprint density at radius 3 is 2.62 bits per heavy atom. The van der Waals surface area contributed by atoms with Gasteiger partial charge in [-0.15, -0.1) is 0 Å². The minimum atomic E-state index is -0.701. The van der Waals surface area contributed by atoms with Crippen LogP contribution in [0.5, 0.6) is 0 Å². The minimum absolute atomic E-state index is 0.134. The largest absolute Gasteiger partial charge is 0.442 e. The molecule has 1 saturated heterocycles. The Morgan fingerprint density at radius 1 is 1.11 bits per heavy atom. The zero-order valence-electron chi connectivity index (χ0n) is 25.8. The van der Waals surface area contributed by atoms with Crippen LogP contribution in [0.4, 0.5) is 10.5 Å². The van der Waals surface area contributed by atoms with Crippen molar-refractivity contribution in [3.8, 4) is 28.5 Å². The molecule has 6 rings (SSSR count). The van der Waals surface area contributed by atoms with E-state index in [0.29, 0.717) is 34.6 Å². The number of hydrogen-bond donors (Lipinski definition) is 1. The molecule has 0 atom stereocenters. The number of morpholine rings is 1. The van der Waals surface area contributed by atoms with Crippen LogP contribution in [0.15, 0.2) is 66.7 Å². The Labute approximate surface area is 262 Å². The van der Waals surface area contributed by atoms with E-state index in [2.05, 4.69) is 23.6 Å². The molecule has 0 saturated carbocycles. The third kappa shape index (κ3) is 6.05. The molecule has 2 aliphatic rings. The summed E-state index contributed by atoms with van der Waals surface area (Å²) in [4.78, 5) is 30.6. The maximum Gasteiger partial charge on any atom is 0.435 e. The minimum Gasteiger partial charge on any atom is -0.442 e. The smallest absolute Gasteiger partial charge is 0.435 e. The first kappa shape index (κ1) is 30.1. The van der Waals surface area contributed by atoms with Gasteiger partial charge in [-0.25, -0.2) is 4.79 Å². The molecule has 1 amide bonds. The molecule has 3 heterocycles. The van der Waals surface area contributed by atoms with E-state index in [0.717, 1.165) is 66.1 Å². The summed E-state index contributed by atoms with van der Waals surface area (Å²) in [7, 11) is 0. The third-order valence-electron chi connectivity index (χ3n) is 8.00. The molecule has 0 spiro atoms. The molecule has 230 valence electrons. The van der Waals surface area contributed by atoms with E-state index < -0.39 is 11.7 Å². The van der Waals surface area contributed by atoms with Crippen molar-refractivity contribution in [2.24, 2.45) is 0 Å². The highest BCUT2D eigenvalue weighted by Gasteiger charge is 2.32. The van der Waals surface area contributed by atoms with Crippen molar-refractivity contribution in [2.45, 2.75) is 39.5 Å². The Hall–Kier alpha value is -4.98. The van der Waals surface area contributed by atoms with Crippen LogP contribution >= 0.6 is 0 Å².